The number of fused-ring (bicyclic) bond motifs is 1. The van der Waals surface area contributed by atoms with Crippen LogP contribution in [0.3, 0.4) is 0 Å². The summed E-state index contributed by atoms with van der Waals surface area (Å²) in [6, 6.07) is 7.21. The van der Waals surface area contributed by atoms with E-state index < -0.39 is 6.10 Å². The molecule has 6 nitrogen and oxygen atoms in total. The van der Waals surface area contributed by atoms with Gasteiger partial charge >= 0.3 is 0 Å². The second-order valence-electron chi connectivity index (χ2n) is 5.53. The Morgan fingerprint density at radius 2 is 2.04 bits per heavy atom. The van der Waals surface area contributed by atoms with Gasteiger partial charge in [0, 0.05) is 6.54 Å². The van der Waals surface area contributed by atoms with Crippen molar-refractivity contribution in [3.8, 4) is 5.75 Å². The lowest BCUT2D eigenvalue weighted by Crippen LogP contribution is -2.41. The molecule has 0 saturated carbocycles. The first-order chi connectivity index (χ1) is 11.1. The quantitative estimate of drug-likeness (QED) is 0.715. The minimum absolute atomic E-state index is 0.0332. The van der Waals surface area contributed by atoms with E-state index in [0.29, 0.717) is 18.0 Å². The molecule has 0 bridgehead atoms. The lowest BCUT2D eigenvalue weighted by atomic mass is 10.1. The van der Waals surface area contributed by atoms with Crippen LogP contribution in [0.25, 0.3) is 0 Å². The van der Waals surface area contributed by atoms with Gasteiger partial charge in [0.05, 0.1) is 12.1 Å². The van der Waals surface area contributed by atoms with Crippen molar-refractivity contribution in [2.75, 3.05) is 31.5 Å². The van der Waals surface area contributed by atoms with Gasteiger partial charge in [-0.2, -0.15) is 0 Å². The highest BCUT2D eigenvalue weighted by Gasteiger charge is 2.29. The zero-order valence-corrected chi connectivity index (χ0v) is 13.8. The summed E-state index contributed by atoms with van der Waals surface area (Å²) in [6.45, 7) is 7.85. The largest absolute Gasteiger partial charge is 0.478 e. The molecule has 0 spiro atoms. The maximum atomic E-state index is 12.0. The molecule has 1 aliphatic rings. The van der Waals surface area contributed by atoms with E-state index in [2.05, 4.69) is 29.4 Å². The molecule has 2 amide bonds. The predicted molar refractivity (Wildman–Crippen MR) is 89.5 cm³/mol. The van der Waals surface area contributed by atoms with Crippen LogP contribution in [0.2, 0.25) is 0 Å². The van der Waals surface area contributed by atoms with Crippen LogP contribution < -0.4 is 15.4 Å². The third-order valence-electron chi connectivity index (χ3n) is 3.95. The van der Waals surface area contributed by atoms with E-state index in [4.69, 9.17) is 4.74 Å². The number of nitrogens with zero attached hydrogens (tertiary/aromatic N) is 1. The molecule has 2 N–H and O–H groups in total. The van der Waals surface area contributed by atoms with E-state index in [-0.39, 0.29) is 18.2 Å². The molecule has 2 rings (SSSR count). The van der Waals surface area contributed by atoms with E-state index in [1.54, 1.807) is 12.1 Å². The molecule has 0 unspecified atom stereocenters. The number of ether oxygens (including phenoxy) is 1. The maximum Gasteiger partial charge on any atom is 0.266 e. The van der Waals surface area contributed by atoms with Crippen LogP contribution in [0.1, 0.15) is 26.7 Å². The van der Waals surface area contributed by atoms with Gasteiger partial charge < -0.3 is 20.3 Å². The Morgan fingerprint density at radius 1 is 1.30 bits per heavy atom. The number of benzene rings is 1. The van der Waals surface area contributed by atoms with Crippen molar-refractivity contribution in [2.45, 2.75) is 32.8 Å². The number of carbonyl (C=O) groups is 2. The molecule has 126 valence electrons. The zero-order chi connectivity index (χ0) is 16.7. The third kappa shape index (κ3) is 4.96. The van der Waals surface area contributed by atoms with Crippen LogP contribution in [0.5, 0.6) is 5.75 Å². The zero-order valence-electron chi connectivity index (χ0n) is 13.8. The summed E-state index contributed by atoms with van der Waals surface area (Å²) in [4.78, 5) is 26.2. The lowest BCUT2D eigenvalue weighted by Gasteiger charge is -2.25. The van der Waals surface area contributed by atoms with Crippen LogP contribution in [-0.4, -0.2) is 49.0 Å². The van der Waals surface area contributed by atoms with Crippen LogP contribution in [0, 0.1) is 0 Å². The fraction of sp³-hybridized carbons (Fsp3) is 0.529. The summed E-state index contributed by atoms with van der Waals surface area (Å²) < 4.78 is 5.61. The molecule has 0 aliphatic carbocycles. The summed E-state index contributed by atoms with van der Waals surface area (Å²) in [5.74, 6) is 0.164. The van der Waals surface area contributed by atoms with E-state index in [1.165, 1.54) is 0 Å². The molecule has 0 radical (unpaired) electrons. The summed E-state index contributed by atoms with van der Waals surface area (Å²) in [6.07, 6.45) is 0.159. The maximum absolute atomic E-state index is 12.0. The van der Waals surface area contributed by atoms with Gasteiger partial charge in [-0.15, -0.1) is 0 Å². The second kappa shape index (κ2) is 8.53. The number of hydrogen-bond acceptors (Lipinski definition) is 4. The fourth-order valence-corrected chi connectivity index (χ4v) is 2.54. The van der Waals surface area contributed by atoms with Crippen LogP contribution >= 0.6 is 0 Å². The summed E-state index contributed by atoms with van der Waals surface area (Å²) in [5, 5.41) is 5.61. The standard InChI is InChI=1S/C17H25N3O3/c1-3-20(4-2)11-7-10-18-16(21)12-15-17(22)19-13-8-5-6-9-14(13)23-15/h5-6,8-9,15H,3-4,7,10-12H2,1-2H3,(H,18,21)(H,19,22)/t15-/m0/s1. The highest BCUT2D eigenvalue weighted by atomic mass is 16.5. The third-order valence-corrected chi connectivity index (χ3v) is 3.95. The van der Waals surface area contributed by atoms with Crippen molar-refractivity contribution in [3.05, 3.63) is 24.3 Å². The monoisotopic (exact) mass is 319 g/mol. The van der Waals surface area contributed by atoms with E-state index >= 15 is 0 Å². The molecule has 23 heavy (non-hydrogen) atoms. The lowest BCUT2D eigenvalue weighted by molar-refractivity contribution is -0.130. The molecule has 0 fully saturated rings. The van der Waals surface area contributed by atoms with Crippen molar-refractivity contribution in [2.24, 2.45) is 0 Å². The Bertz CT molecular complexity index is 544. The van der Waals surface area contributed by atoms with Gasteiger partial charge in [0.15, 0.2) is 6.10 Å². The molecule has 1 atom stereocenters. The Hall–Kier alpha value is -2.08. The van der Waals surface area contributed by atoms with Gasteiger partial charge in [0.25, 0.3) is 5.91 Å². The Kier molecular flexibility index (Phi) is 6.40. The number of carbonyl (C=O) groups excluding carboxylic acids is 2. The molecule has 1 heterocycles. The number of amides is 2. The number of anilines is 1. The first kappa shape index (κ1) is 17.3. The molecule has 1 aromatic carbocycles. The summed E-state index contributed by atoms with van der Waals surface area (Å²) in [5.41, 5.74) is 0.647. The number of para-hydroxylation sites is 2. The van der Waals surface area contributed by atoms with E-state index in [0.717, 1.165) is 26.1 Å². The minimum Gasteiger partial charge on any atom is -0.478 e. The van der Waals surface area contributed by atoms with Crippen molar-refractivity contribution in [3.63, 3.8) is 0 Å². The van der Waals surface area contributed by atoms with Crippen LogP contribution in [0.15, 0.2) is 24.3 Å². The van der Waals surface area contributed by atoms with Gasteiger partial charge in [-0.05, 0) is 38.2 Å². The Labute approximate surface area is 137 Å². The molecular weight excluding hydrogens is 294 g/mol. The first-order valence-electron chi connectivity index (χ1n) is 8.19. The number of rotatable bonds is 8. The first-order valence-corrected chi connectivity index (χ1v) is 8.19. The Balaban J connectivity index is 1.74. The number of hydrogen-bond donors (Lipinski definition) is 2. The average Bonchev–Trinajstić information content (AvgIpc) is 2.55. The van der Waals surface area contributed by atoms with Gasteiger partial charge in [-0.3, -0.25) is 9.59 Å². The highest BCUT2D eigenvalue weighted by Crippen LogP contribution is 2.29. The molecule has 6 heteroatoms. The minimum atomic E-state index is -0.771. The van der Waals surface area contributed by atoms with Crippen LogP contribution in [0.4, 0.5) is 5.69 Å². The molecule has 0 saturated heterocycles. The highest BCUT2D eigenvalue weighted by molar-refractivity contribution is 5.99. The van der Waals surface area contributed by atoms with Gasteiger partial charge in [0.1, 0.15) is 5.75 Å². The SMILES string of the molecule is CCN(CC)CCCNC(=O)C[C@@H]1Oc2ccccc2NC1=O. The smallest absolute Gasteiger partial charge is 0.266 e. The van der Waals surface area contributed by atoms with Crippen molar-refractivity contribution >= 4 is 17.5 Å². The van der Waals surface area contributed by atoms with Gasteiger partial charge in [-0.25, -0.2) is 0 Å². The van der Waals surface area contributed by atoms with Gasteiger partial charge in [-0.1, -0.05) is 26.0 Å². The Morgan fingerprint density at radius 3 is 2.78 bits per heavy atom. The topological polar surface area (TPSA) is 70.7 Å². The van der Waals surface area contributed by atoms with Crippen LogP contribution in [-0.2, 0) is 9.59 Å². The summed E-state index contributed by atoms with van der Waals surface area (Å²) >= 11 is 0. The van der Waals surface area contributed by atoms with E-state index in [9.17, 15) is 9.59 Å². The molecule has 1 aliphatic heterocycles. The predicted octanol–water partition coefficient (Wildman–Crippen LogP) is 1.62. The van der Waals surface area contributed by atoms with E-state index in [1.807, 2.05) is 12.1 Å². The van der Waals surface area contributed by atoms with Crippen molar-refractivity contribution < 1.29 is 14.3 Å². The molecular formula is C17H25N3O3. The number of nitrogens with one attached hydrogen (secondary N) is 2. The normalized spacial score (nSPS) is 16.5. The van der Waals surface area contributed by atoms with Gasteiger partial charge in [0.2, 0.25) is 5.91 Å². The second-order valence-corrected chi connectivity index (χ2v) is 5.53. The van der Waals surface area contributed by atoms with Crippen molar-refractivity contribution in [1.82, 2.24) is 10.2 Å². The fourth-order valence-electron chi connectivity index (χ4n) is 2.54. The molecule has 0 aromatic heterocycles. The molecule has 1 aromatic rings. The average molecular weight is 319 g/mol. The summed E-state index contributed by atoms with van der Waals surface area (Å²) in [7, 11) is 0. The van der Waals surface area contributed by atoms with Crippen molar-refractivity contribution in [1.29, 1.82) is 0 Å².